The minimum Gasteiger partial charge on any atom is -0.378 e. The van der Waals surface area contributed by atoms with E-state index in [2.05, 4.69) is 5.32 Å². The molecule has 0 spiro atoms. The zero-order chi connectivity index (χ0) is 14.9. The van der Waals surface area contributed by atoms with E-state index in [1.54, 1.807) is 12.1 Å². The standard InChI is InChI=1S/C17H24FNO2/c18-15-9-7-14(8-10-15)13-17(20)19-11-4-12-21-16-5-2-1-3-6-16/h7-10,16H,1-6,11-13H2,(H,19,20). The van der Waals surface area contributed by atoms with Gasteiger partial charge in [0.05, 0.1) is 12.5 Å². The molecule has 1 amide bonds. The summed E-state index contributed by atoms with van der Waals surface area (Å²) in [5.74, 6) is -0.307. The quantitative estimate of drug-likeness (QED) is 0.784. The largest absolute Gasteiger partial charge is 0.378 e. The number of benzene rings is 1. The zero-order valence-corrected chi connectivity index (χ0v) is 12.4. The van der Waals surface area contributed by atoms with Gasteiger partial charge in [-0.3, -0.25) is 4.79 Å². The molecule has 1 saturated carbocycles. The fraction of sp³-hybridized carbons (Fsp3) is 0.588. The summed E-state index contributed by atoms with van der Waals surface area (Å²) in [7, 11) is 0. The highest BCUT2D eigenvalue weighted by molar-refractivity contribution is 5.78. The number of hydrogen-bond acceptors (Lipinski definition) is 2. The summed E-state index contributed by atoms with van der Waals surface area (Å²) < 4.78 is 18.6. The topological polar surface area (TPSA) is 38.3 Å². The molecule has 116 valence electrons. The Morgan fingerprint density at radius 1 is 1.19 bits per heavy atom. The van der Waals surface area contributed by atoms with Crippen LogP contribution in [0.2, 0.25) is 0 Å². The fourth-order valence-corrected chi connectivity index (χ4v) is 2.63. The van der Waals surface area contributed by atoms with Crippen molar-refractivity contribution >= 4 is 5.91 Å². The van der Waals surface area contributed by atoms with Crippen LogP contribution in [0.25, 0.3) is 0 Å². The van der Waals surface area contributed by atoms with E-state index in [0.29, 0.717) is 25.7 Å². The Morgan fingerprint density at radius 3 is 2.62 bits per heavy atom. The first kappa shape index (κ1) is 16.0. The molecule has 1 aliphatic rings. The Kier molecular flexibility index (Phi) is 6.67. The summed E-state index contributed by atoms with van der Waals surface area (Å²) in [6.07, 6.45) is 7.80. The lowest BCUT2D eigenvalue weighted by Gasteiger charge is -2.21. The van der Waals surface area contributed by atoms with E-state index in [-0.39, 0.29) is 11.7 Å². The van der Waals surface area contributed by atoms with Crippen LogP contribution in [-0.2, 0) is 16.0 Å². The first-order chi connectivity index (χ1) is 10.2. The van der Waals surface area contributed by atoms with Crippen LogP contribution in [0.15, 0.2) is 24.3 Å². The Hall–Kier alpha value is -1.42. The predicted molar refractivity (Wildman–Crippen MR) is 80.6 cm³/mol. The number of ether oxygens (including phenoxy) is 1. The smallest absolute Gasteiger partial charge is 0.224 e. The van der Waals surface area contributed by atoms with Gasteiger partial charge in [-0.1, -0.05) is 31.4 Å². The van der Waals surface area contributed by atoms with E-state index in [4.69, 9.17) is 4.74 Å². The van der Waals surface area contributed by atoms with Gasteiger partial charge < -0.3 is 10.1 Å². The molecular formula is C17H24FNO2. The molecule has 0 saturated heterocycles. The molecule has 0 unspecified atom stereocenters. The predicted octanol–water partition coefficient (Wildman–Crippen LogP) is 3.22. The normalized spacial score (nSPS) is 15.9. The summed E-state index contributed by atoms with van der Waals surface area (Å²) in [5.41, 5.74) is 0.826. The molecule has 1 fully saturated rings. The third-order valence-corrected chi connectivity index (χ3v) is 3.83. The highest BCUT2D eigenvalue weighted by Gasteiger charge is 2.13. The van der Waals surface area contributed by atoms with Crippen LogP contribution in [0.5, 0.6) is 0 Å². The number of nitrogens with one attached hydrogen (secondary N) is 1. The van der Waals surface area contributed by atoms with Crippen LogP contribution < -0.4 is 5.32 Å². The molecule has 0 atom stereocenters. The Balaban J connectivity index is 1.53. The van der Waals surface area contributed by atoms with Crippen LogP contribution in [0.3, 0.4) is 0 Å². The number of rotatable bonds is 7. The van der Waals surface area contributed by atoms with Crippen LogP contribution in [0.1, 0.15) is 44.1 Å². The molecular weight excluding hydrogens is 269 g/mol. The summed E-state index contributed by atoms with van der Waals surface area (Å²) in [5, 5.41) is 2.87. The van der Waals surface area contributed by atoms with E-state index in [9.17, 15) is 9.18 Å². The molecule has 1 aromatic rings. The third-order valence-electron chi connectivity index (χ3n) is 3.83. The lowest BCUT2D eigenvalue weighted by atomic mass is 9.98. The second-order valence-electron chi connectivity index (χ2n) is 5.64. The average Bonchev–Trinajstić information content (AvgIpc) is 2.50. The molecule has 1 N–H and O–H groups in total. The molecule has 2 rings (SSSR count). The summed E-state index contributed by atoms with van der Waals surface area (Å²) >= 11 is 0. The Bertz CT molecular complexity index is 427. The van der Waals surface area contributed by atoms with Crippen LogP contribution >= 0.6 is 0 Å². The maximum Gasteiger partial charge on any atom is 0.224 e. The summed E-state index contributed by atoms with van der Waals surface area (Å²) in [6.45, 7) is 1.34. The fourth-order valence-electron chi connectivity index (χ4n) is 2.63. The summed E-state index contributed by atoms with van der Waals surface area (Å²) in [4.78, 5) is 11.7. The van der Waals surface area contributed by atoms with Gasteiger partial charge in [0.1, 0.15) is 5.82 Å². The first-order valence-electron chi connectivity index (χ1n) is 7.87. The monoisotopic (exact) mass is 293 g/mol. The van der Waals surface area contributed by atoms with Crippen LogP contribution in [-0.4, -0.2) is 25.2 Å². The van der Waals surface area contributed by atoms with E-state index >= 15 is 0 Å². The lowest BCUT2D eigenvalue weighted by Crippen LogP contribution is -2.27. The van der Waals surface area contributed by atoms with Crippen LogP contribution in [0, 0.1) is 5.82 Å². The number of amides is 1. The molecule has 1 aliphatic carbocycles. The minimum absolute atomic E-state index is 0.0284. The third kappa shape index (κ3) is 6.25. The van der Waals surface area contributed by atoms with Crippen molar-refractivity contribution in [3.63, 3.8) is 0 Å². The van der Waals surface area contributed by atoms with Gasteiger partial charge in [0.2, 0.25) is 5.91 Å². The second kappa shape index (κ2) is 8.78. The van der Waals surface area contributed by atoms with Gasteiger partial charge in [-0.2, -0.15) is 0 Å². The van der Waals surface area contributed by atoms with Crippen molar-refractivity contribution in [3.8, 4) is 0 Å². The van der Waals surface area contributed by atoms with Gasteiger partial charge in [-0.15, -0.1) is 0 Å². The molecule has 0 radical (unpaired) electrons. The second-order valence-corrected chi connectivity index (χ2v) is 5.64. The maximum absolute atomic E-state index is 12.8. The van der Waals surface area contributed by atoms with Crippen LogP contribution in [0.4, 0.5) is 4.39 Å². The maximum atomic E-state index is 12.8. The molecule has 4 heteroatoms. The van der Waals surface area contributed by atoms with Crippen molar-refractivity contribution in [2.45, 2.75) is 51.0 Å². The van der Waals surface area contributed by atoms with E-state index in [1.165, 1.54) is 44.2 Å². The van der Waals surface area contributed by atoms with E-state index in [0.717, 1.165) is 12.0 Å². The number of halogens is 1. The number of carbonyl (C=O) groups is 1. The highest BCUT2D eigenvalue weighted by Crippen LogP contribution is 2.20. The van der Waals surface area contributed by atoms with Crippen molar-refractivity contribution in [1.29, 1.82) is 0 Å². The van der Waals surface area contributed by atoms with Crippen molar-refractivity contribution in [3.05, 3.63) is 35.6 Å². The lowest BCUT2D eigenvalue weighted by molar-refractivity contribution is -0.120. The zero-order valence-electron chi connectivity index (χ0n) is 12.4. The SMILES string of the molecule is O=C(Cc1ccc(F)cc1)NCCCOC1CCCCC1. The molecule has 21 heavy (non-hydrogen) atoms. The van der Waals surface area contributed by atoms with Gasteiger partial charge in [0, 0.05) is 13.2 Å². The van der Waals surface area contributed by atoms with Crippen molar-refractivity contribution in [2.75, 3.05) is 13.2 Å². The van der Waals surface area contributed by atoms with E-state index < -0.39 is 0 Å². The molecule has 3 nitrogen and oxygen atoms in total. The van der Waals surface area contributed by atoms with Gasteiger partial charge >= 0.3 is 0 Å². The minimum atomic E-state index is -0.279. The summed E-state index contributed by atoms with van der Waals surface area (Å²) in [6, 6.07) is 6.03. The molecule has 0 aromatic heterocycles. The number of carbonyl (C=O) groups excluding carboxylic acids is 1. The highest BCUT2D eigenvalue weighted by atomic mass is 19.1. The number of hydrogen-bond donors (Lipinski definition) is 1. The van der Waals surface area contributed by atoms with Gasteiger partial charge in [0.15, 0.2) is 0 Å². The van der Waals surface area contributed by atoms with E-state index in [1.807, 2.05) is 0 Å². The first-order valence-corrected chi connectivity index (χ1v) is 7.87. The molecule has 0 heterocycles. The average molecular weight is 293 g/mol. The van der Waals surface area contributed by atoms with Gasteiger partial charge in [-0.25, -0.2) is 4.39 Å². The van der Waals surface area contributed by atoms with Crippen molar-refractivity contribution in [1.82, 2.24) is 5.32 Å². The van der Waals surface area contributed by atoms with Gasteiger partial charge in [0.25, 0.3) is 0 Å². The Morgan fingerprint density at radius 2 is 1.90 bits per heavy atom. The van der Waals surface area contributed by atoms with Crippen molar-refractivity contribution in [2.24, 2.45) is 0 Å². The van der Waals surface area contributed by atoms with Gasteiger partial charge in [-0.05, 0) is 37.0 Å². The molecule has 1 aromatic carbocycles. The Labute approximate surface area is 125 Å². The molecule has 0 aliphatic heterocycles. The van der Waals surface area contributed by atoms with Crippen molar-refractivity contribution < 1.29 is 13.9 Å². The molecule has 0 bridgehead atoms.